The van der Waals surface area contributed by atoms with E-state index in [2.05, 4.69) is 10.3 Å². The summed E-state index contributed by atoms with van der Waals surface area (Å²) >= 11 is 1.51. The van der Waals surface area contributed by atoms with Crippen LogP contribution in [0.1, 0.15) is 52.5 Å². The number of thiazole rings is 1. The summed E-state index contributed by atoms with van der Waals surface area (Å²) in [7, 11) is 0. The number of hydrogen-bond donors (Lipinski definition) is 1. The van der Waals surface area contributed by atoms with Crippen LogP contribution in [0.4, 0.5) is 0 Å². The van der Waals surface area contributed by atoms with E-state index in [1.54, 1.807) is 0 Å². The second-order valence-corrected chi connectivity index (χ2v) is 6.86. The molecule has 2 aliphatic rings. The number of amides is 1. The van der Waals surface area contributed by atoms with Gasteiger partial charge in [0.25, 0.3) is 5.91 Å². The Labute approximate surface area is 129 Å². The van der Waals surface area contributed by atoms with Gasteiger partial charge in [0, 0.05) is 19.1 Å². The second-order valence-electron chi connectivity index (χ2n) is 5.83. The average Bonchev–Trinajstić information content (AvgIpc) is 3.06. The fraction of sp³-hybridized carbons (Fsp3) is 0.733. The van der Waals surface area contributed by atoms with Gasteiger partial charge < -0.3 is 14.8 Å². The first-order valence-corrected chi connectivity index (χ1v) is 8.44. The van der Waals surface area contributed by atoms with Gasteiger partial charge in [0.1, 0.15) is 4.88 Å². The van der Waals surface area contributed by atoms with E-state index in [1.165, 1.54) is 11.3 Å². The highest BCUT2D eigenvalue weighted by atomic mass is 32.1. The van der Waals surface area contributed by atoms with Crippen LogP contribution in [0.15, 0.2) is 0 Å². The molecule has 3 atom stereocenters. The predicted molar refractivity (Wildman–Crippen MR) is 80.9 cm³/mol. The number of carbonyl (C=O) groups is 1. The summed E-state index contributed by atoms with van der Waals surface area (Å²) in [5, 5.41) is 4.11. The molecule has 0 aliphatic carbocycles. The molecule has 1 aromatic heterocycles. The number of ether oxygens (including phenoxy) is 2. The smallest absolute Gasteiger partial charge is 0.263 e. The molecule has 3 rings (SSSR count). The molecule has 3 heterocycles. The maximum atomic E-state index is 12.4. The third kappa shape index (κ3) is 3.27. The molecule has 0 spiro atoms. The average molecular weight is 310 g/mol. The summed E-state index contributed by atoms with van der Waals surface area (Å²) in [5.41, 5.74) is 0.824. The fourth-order valence-electron chi connectivity index (χ4n) is 2.89. The maximum absolute atomic E-state index is 12.4. The monoisotopic (exact) mass is 310 g/mol. The topological polar surface area (TPSA) is 60.5 Å². The van der Waals surface area contributed by atoms with Crippen molar-refractivity contribution in [1.29, 1.82) is 0 Å². The molecule has 3 unspecified atom stereocenters. The largest absolute Gasteiger partial charge is 0.381 e. The Bertz CT molecular complexity index is 511. The maximum Gasteiger partial charge on any atom is 0.263 e. The Kier molecular flexibility index (Phi) is 4.57. The zero-order valence-corrected chi connectivity index (χ0v) is 13.4. The molecule has 0 aromatic carbocycles. The zero-order valence-electron chi connectivity index (χ0n) is 12.6. The standard InChI is InChI=1S/C15H22N2O3S/c1-9-13(14(18)17-12-5-7-20-10(12)2)21-15(16-9)11-4-3-6-19-8-11/h10-12H,3-8H2,1-2H3,(H,17,18). The van der Waals surface area contributed by atoms with Crippen molar-refractivity contribution in [2.75, 3.05) is 19.8 Å². The number of aromatic nitrogens is 1. The minimum atomic E-state index is -0.0182. The van der Waals surface area contributed by atoms with Crippen LogP contribution < -0.4 is 5.32 Å². The summed E-state index contributed by atoms with van der Waals surface area (Å²) < 4.78 is 11.0. The Morgan fingerprint density at radius 2 is 2.24 bits per heavy atom. The number of rotatable bonds is 3. The summed E-state index contributed by atoms with van der Waals surface area (Å²) in [6.45, 7) is 6.20. The summed E-state index contributed by atoms with van der Waals surface area (Å²) in [4.78, 5) is 17.8. The highest BCUT2D eigenvalue weighted by molar-refractivity contribution is 7.13. The molecule has 0 saturated carbocycles. The molecule has 1 N–H and O–H groups in total. The van der Waals surface area contributed by atoms with Gasteiger partial charge in [-0.1, -0.05) is 0 Å². The third-order valence-corrected chi connectivity index (χ3v) is 5.54. The van der Waals surface area contributed by atoms with Crippen molar-refractivity contribution < 1.29 is 14.3 Å². The normalized spacial score (nSPS) is 29.5. The van der Waals surface area contributed by atoms with Gasteiger partial charge in [0.2, 0.25) is 0 Å². The van der Waals surface area contributed by atoms with Gasteiger partial charge in [-0.25, -0.2) is 4.98 Å². The van der Waals surface area contributed by atoms with Crippen molar-refractivity contribution in [3.05, 3.63) is 15.6 Å². The van der Waals surface area contributed by atoms with Gasteiger partial charge >= 0.3 is 0 Å². The van der Waals surface area contributed by atoms with Gasteiger partial charge in [-0.05, 0) is 33.1 Å². The van der Waals surface area contributed by atoms with Crippen molar-refractivity contribution in [3.63, 3.8) is 0 Å². The van der Waals surface area contributed by atoms with Crippen LogP contribution >= 0.6 is 11.3 Å². The Balaban J connectivity index is 1.69. The lowest BCUT2D eigenvalue weighted by Gasteiger charge is -2.19. The van der Waals surface area contributed by atoms with Crippen molar-refractivity contribution >= 4 is 17.2 Å². The van der Waals surface area contributed by atoms with Gasteiger partial charge in [-0.3, -0.25) is 4.79 Å². The van der Waals surface area contributed by atoms with Gasteiger partial charge in [-0.15, -0.1) is 11.3 Å². The molecule has 1 amide bonds. The first-order chi connectivity index (χ1) is 10.1. The number of nitrogens with one attached hydrogen (secondary N) is 1. The fourth-order valence-corrected chi connectivity index (χ4v) is 3.98. The van der Waals surface area contributed by atoms with Crippen LogP contribution in [0.25, 0.3) is 0 Å². The SMILES string of the molecule is Cc1nc(C2CCCOC2)sc1C(=O)NC1CCOC1C. The summed E-state index contributed by atoms with van der Waals surface area (Å²) in [6, 6.07) is 0.112. The van der Waals surface area contributed by atoms with E-state index in [1.807, 2.05) is 13.8 Å². The highest BCUT2D eigenvalue weighted by Crippen LogP contribution is 2.30. The lowest BCUT2D eigenvalue weighted by atomic mass is 10.0. The molecule has 0 bridgehead atoms. The second kappa shape index (κ2) is 6.42. The van der Waals surface area contributed by atoms with Crippen LogP contribution in [0, 0.1) is 6.92 Å². The Morgan fingerprint density at radius 1 is 1.38 bits per heavy atom. The molecule has 0 radical (unpaired) electrons. The molecule has 2 saturated heterocycles. The highest BCUT2D eigenvalue weighted by Gasteiger charge is 2.28. The van der Waals surface area contributed by atoms with Crippen LogP contribution in [-0.4, -0.2) is 42.9 Å². The molecule has 6 heteroatoms. The van der Waals surface area contributed by atoms with Crippen molar-refractivity contribution in [2.24, 2.45) is 0 Å². The molecule has 116 valence electrons. The molecule has 2 fully saturated rings. The summed E-state index contributed by atoms with van der Waals surface area (Å²) in [5.74, 6) is 0.327. The summed E-state index contributed by atoms with van der Waals surface area (Å²) in [6.07, 6.45) is 3.14. The number of nitrogens with zero attached hydrogens (tertiary/aromatic N) is 1. The van der Waals surface area contributed by atoms with Crippen LogP contribution in [-0.2, 0) is 9.47 Å². The van der Waals surface area contributed by atoms with E-state index < -0.39 is 0 Å². The third-order valence-electron chi connectivity index (χ3n) is 4.22. The molecular formula is C15H22N2O3S. The number of hydrogen-bond acceptors (Lipinski definition) is 5. The lowest BCUT2D eigenvalue weighted by Crippen LogP contribution is -2.39. The molecule has 21 heavy (non-hydrogen) atoms. The first kappa shape index (κ1) is 14.9. The van der Waals surface area contributed by atoms with E-state index in [0.29, 0.717) is 5.92 Å². The molecule has 2 aliphatic heterocycles. The van der Waals surface area contributed by atoms with E-state index in [0.717, 1.165) is 54.7 Å². The van der Waals surface area contributed by atoms with Crippen molar-refractivity contribution in [1.82, 2.24) is 10.3 Å². The number of aryl methyl sites for hydroxylation is 1. The van der Waals surface area contributed by atoms with Crippen LogP contribution in [0.3, 0.4) is 0 Å². The zero-order chi connectivity index (χ0) is 14.8. The van der Waals surface area contributed by atoms with Crippen molar-refractivity contribution in [2.45, 2.75) is 51.2 Å². The van der Waals surface area contributed by atoms with Crippen molar-refractivity contribution in [3.8, 4) is 0 Å². The quantitative estimate of drug-likeness (QED) is 0.930. The molecule has 1 aromatic rings. The minimum Gasteiger partial charge on any atom is -0.381 e. The van der Waals surface area contributed by atoms with E-state index in [-0.39, 0.29) is 18.1 Å². The lowest BCUT2D eigenvalue weighted by molar-refractivity contribution is 0.0803. The van der Waals surface area contributed by atoms with E-state index in [9.17, 15) is 4.79 Å². The Morgan fingerprint density at radius 3 is 2.90 bits per heavy atom. The minimum absolute atomic E-state index is 0.0182. The van der Waals surface area contributed by atoms with Gasteiger partial charge in [0.05, 0.1) is 29.5 Å². The Hall–Kier alpha value is -0.980. The predicted octanol–water partition coefficient (Wildman–Crippen LogP) is 2.25. The van der Waals surface area contributed by atoms with E-state index >= 15 is 0 Å². The molecule has 5 nitrogen and oxygen atoms in total. The van der Waals surface area contributed by atoms with Gasteiger partial charge in [-0.2, -0.15) is 0 Å². The van der Waals surface area contributed by atoms with Crippen LogP contribution in [0.2, 0.25) is 0 Å². The van der Waals surface area contributed by atoms with Crippen LogP contribution in [0.5, 0.6) is 0 Å². The number of carbonyl (C=O) groups excluding carboxylic acids is 1. The van der Waals surface area contributed by atoms with Gasteiger partial charge in [0.15, 0.2) is 0 Å². The molecular weight excluding hydrogens is 288 g/mol. The first-order valence-electron chi connectivity index (χ1n) is 7.62. The van der Waals surface area contributed by atoms with E-state index in [4.69, 9.17) is 9.47 Å².